The van der Waals surface area contributed by atoms with Gasteiger partial charge in [0.25, 0.3) is 5.69 Å². The summed E-state index contributed by atoms with van der Waals surface area (Å²) in [7, 11) is 1.63. The van der Waals surface area contributed by atoms with Gasteiger partial charge in [0, 0.05) is 30.1 Å². The summed E-state index contributed by atoms with van der Waals surface area (Å²) >= 11 is 3.45. The highest BCUT2D eigenvalue weighted by atomic mass is 79.9. The molecule has 0 aliphatic carbocycles. The van der Waals surface area contributed by atoms with Crippen molar-refractivity contribution in [2.45, 2.75) is 18.2 Å². The molecule has 16 heavy (non-hydrogen) atoms. The summed E-state index contributed by atoms with van der Waals surface area (Å²) in [5, 5.41) is 10.6. The van der Waals surface area contributed by atoms with Gasteiger partial charge in [-0.15, -0.1) is 0 Å². The fourth-order valence-electron chi connectivity index (χ4n) is 1.38. The normalized spacial score (nSPS) is 12.4. The zero-order valence-electron chi connectivity index (χ0n) is 9.14. The van der Waals surface area contributed by atoms with Crippen molar-refractivity contribution in [3.05, 3.63) is 33.6 Å². The average molecular weight is 289 g/mol. The summed E-state index contributed by atoms with van der Waals surface area (Å²) in [6, 6.07) is 3.17. The van der Waals surface area contributed by atoms with Crippen LogP contribution in [0.3, 0.4) is 0 Å². The van der Waals surface area contributed by atoms with Gasteiger partial charge in [-0.25, -0.2) is 0 Å². The number of nitrogens with zero attached hydrogens (tertiary/aromatic N) is 2. The third kappa shape index (κ3) is 3.53. The highest BCUT2D eigenvalue weighted by Gasteiger charge is 2.13. The van der Waals surface area contributed by atoms with Gasteiger partial charge in [0.1, 0.15) is 5.69 Å². The molecule has 1 aromatic heterocycles. The van der Waals surface area contributed by atoms with E-state index in [9.17, 15) is 10.1 Å². The molecule has 0 fully saturated rings. The maximum Gasteiger partial charge on any atom is 0.290 e. The second-order valence-corrected chi connectivity index (χ2v) is 4.72. The molecular weight excluding hydrogens is 276 g/mol. The highest BCUT2D eigenvalue weighted by molar-refractivity contribution is 9.09. The summed E-state index contributed by atoms with van der Waals surface area (Å²) in [4.78, 5) is 14.5. The molecule has 1 aromatic rings. The molecule has 0 saturated heterocycles. The van der Waals surface area contributed by atoms with E-state index in [4.69, 9.17) is 4.74 Å². The Morgan fingerprint density at radius 3 is 2.81 bits per heavy atom. The highest BCUT2D eigenvalue weighted by Crippen LogP contribution is 2.17. The molecule has 0 aliphatic heterocycles. The Morgan fingerprint density at radius 1 is 1.62 bits per heavy atom. The molecule has 0 aromatic carbocycles. The van der Waals surface area contributed by atoms with Crippen LogP contribution in [0.5, 0.6) is 0 Å². The Kier molecular flexibility index (Phi) is 4.82. The van der Waals surface area contributed by atoms with E-state index in [2.05, 4.69) is 20.9 Å². The number of aryl methyl sites for hydroxylation is 1. The van der Waals surface area contributed by atoms with Crippen LogP contribution in [-0.2, 0) is 11.2 Å². The van der Waals surface area contributed by atoms with Crippen molar-refractivity contribution in [1.29, 1.82) is 0 Å². The second kappa shape index (κ2) is 5.91. The first-order chi connectivity index (χ1) is 7.54. The predicted molar refractivity (Wildman–Crippen MR) is 63.9 cm³/mol. The topological polar surface area (TPSA) is 65.3 Å². The fourth-order valence-corrected chi connectivity index (χ4v) is 1.98. The van der Waals surface area contributed by atoms with E-state index in [0.717, 1.165) is 5.69 Å². The number of hydrogen-bond donors (Lipinski definition) is 0. The molecule has 0 saturated carbocycles. The van der Waals surface area contributed by atoms with Crippen LogP contribution in [0.2, 0.25) is 0 Å². The minimum atomic E-state index is -0.424. The maximum atomic E-state index is 10.6. The first-order valence-corrected chi connectivity index (χ1v) is 5.70. The lowest BCUT2D eigenvalue weighted by Crippen LogP contribution is -2.11. The van der Waals surface area contributed by atoms with Crippen LogP contribution < -0.4 is 0 Å². The molecule has 6 heteroatoms. The van der Waals surface area contributed by atoms with Crippen molar-refractivity contribution in [3.63, 3.8) is 0 Å². The maximum absolute atomic E-state index is 10.6. The molecular formula is C10H13BrN2O3. The number of aromatic nitrogens is 1. The zero-order chi connectivity index (χ0) is 12.1. The van der Waals surface area contributed by atoms with Gasteiger partial charge in [-0.2, -0.15) is 0 Å². The van der Waals surface area contributed by atoms with E-state index >= 15 is 0 Å². The van der Waals surface area contributed by atoms with Crippen LogP contribution >= 0.6 is 15.9 Å². The molecule has 1 heterocycles. The number of alkyl halides is 1. The molecule has 5 nitrogen and oxygen atoms in total. The fraction of sp³-hybridized carbons (Fsp3) is 0.500. The third-order valence-corrected chi connectivity index (χ3v) is 2.68. The molecule has 1 unspecified atom stereocenters. The molecule has 0 N–H and O–H groups in total. The third-order valence-electron chi connectivity index (χ3n) is 2.09. The van der Waals surface area contributed by atoms with E-state index in [1.165, 1.54) is 6.07 Å². The minimum absolute atomic E-state index is 0.0570. The van der Waals surface area contributed by atoms with Crippen LogP contribution in [-0.4, -0.2) is 28.5 Å². The van der Waals surface area contributed by atoms with Gasteiger partial charge in [0.15, 0.2) is 0 Å². The van der Waals surface area contributed by atoms with E-state index in [1.54, 1.807) is 20.1 Å². The van der Waals surface area contributed by atoms with Crippen LogP contribution in [0.1, 0.15) is 11.4 Å². The second-order valence-electron chi connectivity index (χ2n) is 3.42. The molecule has 0 aliphatic rings. The summed E-state index contributed by atoms with van der Waals surface area (Å²) in [5.41, 5.74) is 1.32. The summed E-state index contributed by atoms with van der Waals surface area (Å²) < 4.78 is 4.99. The SMILES string of the molecule is COCC(Br)Cc1ccc([N+](=O)[O-])c(C)n1. The number of methoxy groups -OCH3 is 1. The number of nitro groups is 1. The van der Waals surface area contributed by atoms with Gasteiger partial charge in [-0.05, 0) is 13.0 Å². The molecule has 0 radical (unpaired) electrons. The quantitative estimate of drug-likeness (QED) is 0.474. The van der Waals surface area contributed by atoms with Gasteiger partial charge in [0.2, 0.25) is 0 Å². The van der Waals surface area contributed by atoms with E-state index < -0.39 is 4.92 Å². The summed E-state index contributed by atoms with van der Waals surface area (Å²) in [5.74, 6) is 0. The Hall–Kier alpha value is -1.01. The lowest BCUT2D eigenvalue weighted by Gasteiger charge is -2.08. The Morgan fingerprint density at radius 2 is 2.31 bits per heavy atom. The molecule has 0 spiro atoms. The summed E-state index contributed by atoms with van der Waals surface area (Å²) in [6.45, 7) is 2.22. The van der Waals surface area contributed by atoms with Gasteiger partial charge in [0.05, 0.1) is 11.5 Å². The van der Waals surface area contributed by atoms with Gasteiger partial charge < -0.3 is 4.74 Å². The number of ether oxygens (including phenoxy) is 1. The minimum Gasteiger partial charge on any atom is -0.384 e. The molecule has 88 valence electrons. The number of rotatable bonds is 5. The number of pyridine rings is 1. The van der Waals surface area contributed by atoms with Gasteiger partial charge in [-0.1, -0.05) is 15.9 Å². The van der Waals surface area contributed by atoms with Crippen LogP contribution in [0.4, 0.5) is 5.69 Å². The van der Waals surface area contributed by atoms with Crippen LogP contribution in [0, 0.1) is 17.0 Å². The smallest absolute Gasteiger partial charge is 0.290 e. The van der Waals surface area contributed by atoms with Gasteiger partial charge >= 0.3 is 0 Å². The van der Waals surface area contributed by atoms with E-state index in [-0.39, 0.29) is 10.5 Å². The Labute approximate surface area is 102 Å². The monoisotopic (exact) mass is 288 g/mol. The summed E-state index contributed by atoms with van der Waals surface area (Å²) in [6.07, 6.45) is 0.687. The molecule has 1 atom stereocenters. The molecule has 0 amide bonds. The molecule has 0 bridgehead atoms. The number of halogens is 1. The standard InChI is InChI=1S/C10H13BrN2O3/c1-7-10(13(14)15)4-3-9(12-7)5-8(11)6-16-2/h3-4,8H,5-6H2,1-2H3. The van der Waals surface area contributed by atoms with Crippen molar-refractivity contribution < 1.29 is 9.66 Å². The van der Waals surface area contributed by atoms with Crippen molar-refractivity contribution in [3.8, 4) is 0 Å². The van der Waals surface area contributed by atoms with Crippen molar-refractivity contribution >= 4 is 21.6 Å². The largest absolute Gasteiger partial charge is 0.384 e. The van der Waals surface area contributed by atoms with Crippen LogP contribution in [0.25, 0.3) is 0 Å². The van der Waals surface area contributed by atoms with Gasteiger partial charge in [-0.3, -0.25) is 15.1 Å². The average Bonchev–Trinajstić information content (AvgIpc) is 2.17. The number of hydrogen-bond acceptors (Lipinski definition) is 4. The van der Waals surface area contributed by atoms with Crippen molar-refractivity contribution in [1.82, 2.24) is 4.98 Å². The Balaban J connectivity index is 2.77. The lowest BCUT2D eigenvalue weighted by molar-refractivity contribution is -0.385. The zero-order valence-corrected chi connectivity index (χ0v) is 10.7. The predicted octanol–water partition coefficient (Wildman–Crippen LogP) is 2.25. The van der Waals surface area contributed by atoms with E-state index in [0.29, 0.717) is 18.7 Å². The first kappa shape index (κ1) is 13.1. The van der Waals surface area contributed by atoms with Crippen LogP contribution in [0.15, 0.2) is 12.1 Å². The van der Waals surface area contributed by atoms with E-state index in [1.807, 2.05) is 0 Å². The van der Waals surface area contributed by atoms with Crippen molar-refractivity contribution in [2.24, 2.45) is 0 Å². The lowest BCUT2D eigenvalue weighted by atomic mass is 10.2. The van der Waals surface area contributed by atoms with Crippen molar-refractivity contribution in [2.75, 3.05) is 13.7 Å². The molecule has 1 rings (SSSR count). The first-order valence-electron chi connectivity index (χ1n) is 4.78. The Bertz CT molecular complexity index is 384.